The van der Waals surface area contributed by atoms with Gasteiger partial charge in [0.15, 0.2) is 0 Å². The quantitative estimate of drug-likeness (QED) is 0.571. The fraction of sp³-hybridized carbons (Fsp3) is 0.357. The summed E-state index contributed by atoms with van der Waals surface area (Å²) in [4.78, 5) is 1.95. The molecule has 0 spiro atoms. The van der Waals surface area contributed by atoms with Crippen LogP contribution < -0.4 is 0 Å². The molecule has 3 aromatic carbocycles. The summed E-state index contributed by atoms with van der Waals surface area (Å²) in [6.45, 7) is 3.55. The maximum Gasteiger partial charge on any atom is 0.246 e. The lowest BCUT2D eigenvalue weighted by molar-refractivity contribution is -0.0554. The molecule has 0 aliphatic carbocycles. The Hall–Kier alpha value is -2.58. The van der Waals surface area contributed by atoms with Gasteiger partial charge in [0.25, 0.3) is 0 Å². The molecule has 184 valence electrons. The zero-order valence-electron chi connectivity index (χ0n) is 19.8. The lowest BCUT2D eigenvalue weighted by Gasteiger charge is -2.57. The molecule has 2 saturated heterocycles. The SMILES string of the molecule is Cc1cccc(-c2ccc([C@@H]3[C@@H](CO)N4CCCCN(S(=O)(=O)c5ccccc5F)C[C@H]34)cc2)c1. The van der Waals surface area contributed by atoms with Crippen molar-refractivity contribution in [3.8, 4) is 11.1 Å². The van der Waals surface area contributed by atoms with Crippen LogP contribution in [0.2, 0.25) is 0 Å². The van der Waals surface area contributed by atoms with Crippen molar-refractivity contribution in [1.82, 2.24) is 9.21 Å². The average Bonchev–Trinajstić information content (AvgIpc) is 2.83. The van der Waals surface area contributed by atoms with Crippen LogP contribution in [0.5, 0.6) is 0 Å². The molecule has 0 saturated carbocycles. The Morgan fingerprint density at radius 3 is 2.40 bits per heavy atom. The summed E-state index contributed by atoms with van der Waals surface area (Å²) in [5.74, 6) is -0.723. The molecular weight excluding hydrogens is 463 g/mol. The van der Waals surface area contributed by atoms with Crippen LogP contribution in [0.1, 0.15) is 29.9 Å². The van der Waals surface area contributed by atoms with Gasteiger partial charge < -0.3 is 5.11 Å². The highest BCUT2D eigenvalue weighted by molar-refractivity contribution is 7.89. The Morgan fingerprint density at radius 2 is 1.69 bits per heavy atom. The zero-order valence-corrected chi connectivity index (χ0v) is 20.7. The van der Waals surface area contributed by atoms with Gasteiger partial charge in [-0.15, -0.1) is 0 Å². The summed E-state index contributed by atoms with van der Waals surface area (Å²) < 4.78 is 42.6. The molecule has 0 unspecified atom stereocenters. The van der Waals surface area contributed by atoms with Crippen molar-refractivity contribution in [2.45, 2.75) is 42.7 Å². The van der Waals surface area contributed by atoms with Gasteiger partial charge in [-0.25, -0.2) is 12.8 Å². The van der Waals surface area contributed by atoms with E-state index >= 15 is 0 Å². The summed E-state index contributed by atoms with van der Waals surface area (Å²) >= 11 is 0. The predicted octanol–water partition coefficient (Wildman–Crippen LogP) is 4.41. The van der Waals surface area contributed by atoms with Gasteiger partial charge in [0.1, 0.15) is 10.7 Å². The summed E-state index contributed by atoms with van der Waals surface area (Å²) in [5.41, 5.74) is 4.56. The Morgan fingerprint density at radius 1 is 0.943 bits per heavy atom. The first-order valence-corrected chi connectivity index (χ1v) is 13.6. The van der Waals surface area contributed by atoms with E-state index in [1.165, 1.54) is 28.1 Å². The third-order valence-corrected chi connectivity index (χ3v) is 9.33. The minimum atomic E-state index is -3.96. The molecule has 35 heavy (non-hydrogen) atoms. The van der Waals surface area contributed by atoms with E-state index in [0.29, 0.717) is 13.0 Å². The third kappa shape index (κ3) is 4.54. The standard InChI is InChI=1S/C28H31FN2O3S/c1-20-7-6-8-23(17-20)21-11-13-22(14-12-21)28-25-18-30(15-4-5-16-31(25)26(28)19-32)35(33,34)27-10-3-2-9-24(27)29/h2-3,6-14,17,25-26,28,32H,4-5,15-16,18-19H2,1H3/t25-,26-,28+/m1/s1. The van der Waals surface area contributed by atoms with Crippen LogP contribution in [0.15, 0.2) is 77.7 Å². The van der Waals surface area contributed by atoms with Crippen molar-refractivity contribution < 1.29 is 17.9 Å². The molecule has 0 bridgehead atoms. The van der Waals surface area contributed by atoms with Crippen molar-refractivity contribution in [1.29, 1.82) is 0 Å². The monoisotopic (exact) mass is 494 g/mol. The van der Waals surface area contributed by atoms with E-state index in [-0.39, 0.29) is 36.0 Å². The van der Waals surface area contributed by atoms with Gasteiger partial charge in [0.05, 0.1) is 6.61 Å². The number of aliphatic hydroxyl groups is 1. The number of halogens is 1. The Balaban J connectivity index is 1.43. The zero-order chi connectivity index (χ0) is 24.6. The van der Waals surface area contributed by atoms with Crippen LogP contribution in [0.3, 0.4) is 0 Å². The molecule has 5 nitrogen and oxygen atoms in total. The average molecular weight is 495 g/mol. The number of benzene rings is 3. The number of rotatable bonds is 5. The van der Waals surface area contributed by atoms with Crippen LogP contribution >= 0.6 is 0 Å². The highest BCUT2D eigenvalue weighted by Crippen LogP contribution is 2.43. The molecule has 2 aliphatic heterocycles. The molecular formula is C28H31FN2O3S. The summed E-state index contributed by atoms with van der Waals surface area (Å²) in [6.07, 6.45) is 1.53. The number of hydrogen-bond acceptors (Lipinski definition) is 4. The van der Waals surface area contributed by atoms with E-state index in [1.54, 1.807) is 6.07 Å². The normalized spacial score (nSPS) is 23.7. The maximum atomic E-state index is 14.4. The van der Waals surface area contributed by atoms with Crippen LogP contribution in [-0.2, 0) is 10.0 Å². The summed E-state index contributed by atoms with van der Waals surface area (Å²) in [7, 11) is -3.96. The third-order valence-electron chi connectivity index (χ3n) is 7.43. The van der Waals surface area contributed by atoms with Gasteiger partial charge in [-0.2, -0.15) is 4.31 Å². The smallest absolute Gasteiger partial charge is 0.246 e. The molecule has 3 atom stereocenters. The Bertz CT molecular complexity index is 1300. The van der Waals surface area contributed by atoms with E-state index in [2.05, 4.69) is 54.3 Å². The fourth-order valence-corrected chi connectivity index (χ4v) is 7.20. The Kier molecular flexibility index (Phi) is 6.77. The number of hydrogen-bond donors (Lipinski definition) is 1. The highest BCUT2D eigenvalue weighted by atomic mass is 32.2. The fourth-order valence-electron chi connectivity index (χ4n) is 5.64. The van der Waals surface area contributed by atoms with Crippen molar-refractivity contribution in [3.63, 3.8) is 0 Å². The van der Waals surface area contributed by atoms with E-state index in [9.17, 15) is 17.9 Å². The first-order chi connectivity index (χ1) is 16.9. The molecule has 0 amide bonds. The van der Waals surface area contributed by atoms with E-state index < -0.39 is 15.8 Å². The van der Waals surface area contributed by atoms with Gasteiger partial charge in [0.2, 0.25) is 10.0 Å². The number of nitrogens with zero attached hydrogens (tertiary/aromatic N) is 2. The number of aliphatic hydroxyl groups excluding tert-OH is 1. The molecule has 1 N–H and O–H groups in total. The van der Waals surface area contributed by atoms with Crippen LogP contribution in [0, 0.1) is 12.7 Å². The van der Waals surface area contributed by atoms with Crippen LogP contribution in [0.4, 0.5) is 4.39 Å². The minimum Gasteiger partial charge on any atom is -0.395 e. The van der Waals surface area contributed by atoms with Gasteiger partial charge in [-0.05, 0) is 55.1 Å². The number of aryl methyl sites for hydroxylation is 1. The summed E-state index contributed by atoms with van der Waals surface area (Å²) in [6, 6.07) is 22.2. The Labute approximate surface area is 206 Å². The van der Waals surface area contributed by atoms with Crippen LogP contribution in [0.25, 0.3) is 11.1 Å². The molecule has 2 fully saturated rings. The molecule has 0 radical (unpaired) electrons. The van der Waals surface area contributed by atoms with Gasteiger partial charge in [-0.3, -0.25) is 4.90 Å². The second kappa shape index (κ2) is 9.82. The van der Waals surface area contributed by atoms with Crippen LogP contribution in [-0.4, -0.2) is 61.1 Å². The van der Waals surface area contributed by atoms with E-state index in [0.717, 1.165) is 29.7 Å². The number of sulfonamides is 1. The van der Waals surface area contributed by atoms with Crippen molar-refractivity contribution in [3.05, 3.63) is 89.7 Å². The maximum absolute atomic E-state index is 14.4. The lowest BCUT2D eigenvalue weighted by atomic mass is 9.74. The van der Waals surface area contributed by atoms with E-state index in [1.807, 2.05) is 6.07 Å². The first kappa shape index (κ1) is 24.1. The second-order valence-electron chi connectivity index (χ2n) is 9.57. The highest BCUT2D eigenvalue weighted by Gasteiger charge is 2.50. The topological polar surface area (TPSA) is 60.9 Å². The van der Waals surface area contributed by atoms with Crippen molar-refractivity contribution >= 4 is 10.0 Å². The number of fused-ring (bicyclic) bond motifs is 1. The molecule has 2 heterocycles. The van der Waals surface area contributed by atoms with Crippen molar-refractivity contribution in [2.75, 3.05) is 26.2 Å². The molecule has 2 aliphatic rings. The van der Waals surface area contributed by atoms with E-state index in [4.69, 9.17) is 0 Å². The van der Waals surface area contributed by atoms with Crippen molar-refractivity contribution in [2.24, 2.45) is 0 Å². The molecule has 0 aromatic heterocycles. The van der Waals surface area contributed by atoms with Gasteiger partial charge in [0, 0.05) is 31.1 Å². The molecule has 7 heteroatoms. The lowest BCUT2D eigenvalue weighted by Crippen LogP contribution is -2.67. The first-order valence-electron chi connectivity index (χ1n) is 12.2. The predicted molar refractivity (Wildman–Crippen MR) is 135 cm³/mol. The largest absolute Gasteiger partial charge is 0.395 e. The summed E-state index contributed by atoms with van der Waals surface area (Å²) in [5, 5.41) is 10.2. The van der Waals surface area contributed by atoms with Gasteiger partial charge >= 0.3 is 0 Å². The molecule has 5 rings (SSSR count). The second-order valence-corrected chi connectivity index (χ2v) is 11.5. The minimum absolute atomic E-state index is 0.00276. The van der Waals surface area contributed by atoms with Gasteiger partial charge in [-0.1, -0.05) is 66.2 Å². The molecule has 3 aromatic rings.